The minimum Gasteiger partial charge on any atom is -0.497 e. The molecule has 1 heterocycles. The van der Waals surface area contributed by atoms with Crippen molar-refractivity contribution in [2.45, 2.75) is 6.54 Å². The van der Waals surface area contributed by atoms with Crippen molar-refractivity contribution >= 4 is 39.3 Å². The molecule has 26 heavy (non-hydrogen) atoms. The second-order valence-corrected chi connectivity index (χ2v) is 6.52. The quantitative estimate of drug-likeness (QED) is 0.584. The molecule has 0 saturated carbocycles. The summed E-state index contributed by atoms with van der Waals surface area (Å²) in [5, 5.41) is 2.23. The van der Waals surface area contributed by atoms with E-state index in [9.17, 15) is 4.79 Å². The maximum Gasteiger partial charge on any atom is 0.249 e. The van der Waals surface area contributed by atoms with Crippen molar-refractivity contribution in [3.63, 3.8) is 0 Å². The molecule has 3 aromatic carbocycles. The molecule has 2 N–H and O–H groups in total. The highest BCUT2D eigenvalue weighted by atomic mass is 35.5. The van der Waals surface area contributed by atoms with Gasteiger partial charge in [0.15, 0.2) is 0 Å². The number of nitrogens with zero attached hydrogens (tertiary/aromatic N) is 1. The molecule has 1 radical (unpaired) electrons. The number of nitrogens with two attached hydrogens (primary N) is 1. The van der Waals surface area contributed by atoms with E-state index in [1.165, 1.54) is 0 Å². The normalized spacial score (nSPS) is 11.2. The molecule has 0 unspecified atom stereocenters. The van der Waals surface area contributed by atoms with E-state index in [-0.39, 0.29) is 0 Å². The second-order valence-electron chi connectivity index (χ2n) is 6.08. The van der Waals surface area contributed by atoms with Crippen molar-refractivity contribution in [3.05, 3.63) is 76.8 Å². The zero-order valence-electron chi connectivity index (χ0n) is 14.1. The topological polar surface area (TPSA) is 57.2 Å². The number of fused-ring (bicyclic) bond motifs is 3. The molecule has 5 heteroatoms. The van der Waals surface area contributed by atoms with Gasteiger partial charge in [-0.1, -0.05) is 29.8 Å². The molecule has 0 aliphatic rings. The Labute approximate surface area is 155 Å². The number of carbonyl (C=O) groups excluding carboxylic acids is 1. The van der Waals surface area contributed by atoms with Crippen molar-refractivity contribution in [2.75, 3.05) is 7.11 Å². The summed E-state index contributed by atoms with van der Waals surface area (Å²) < 4.78 is 7.44. The van der Waals surface area contributed by atoms with Gasteiger partial charge in [-0.25, -0.2) is 0 Å². The van der Waals surface area contributed by atoms with Gasteiger partial charge in [0.2, 0.25) is 5.91 Å². The van der Waals surface area contributed by atoms with Gasteiger partial charge >= 0.3 is 0 Å². The lowest BCUT2D eigenvalue weighted by atomic mass is 10.1. The fraction of sp³-hybridized carbons (Fsp3) is 0.0952. The van der Waals surface area contributed by atoms with E-state index < -0.39 is 5.91 Å². The molecule has 4 nitrogen and oxygen atoms in total. The number of rotatable bonds is 4. The van der Waals surface area contributed by atoms with Crippen LogP contribution in [0.5, 0.6) is 5.75 Å². The zero-order chi connectivity index (χ0) is 18.3. The highest BCUT2D eigenvalue weighted by Gasteiger charge is 2.17. The smallest absolute Gasteiger partial charge is 0.249 e. The summed E-state index contributed by atoms with van der Waals surface area (Å²) in [6.45, 7) is 0.605. The summed E-state index contributed by atoms with van der Waals surface area (Å²) in [7, 11) is 1.65. The van der Waals surface area contributed by atoms with Crippen LogP contribution in [0.15, 0.2) is 54.6 Å². The van der Waals surface area contributed by atoms with Crippen LogP contribution in [0.1, 0.15) is 15.9 Å². The third kappa shape index (κ3) is 2.68. The minimum absolute atomic E-state index is 0.459. The average Bonchev–Trinajstić information content (AvgIpc) is 2.95. The van der Waals surface area contributed by atoms with Crippen LogP contribution < -0.4 is 10.5 Å². The number of ether oxygens (including phenoxy) is 1. The SMILES string of the molecule is COc1cccc(Cn2c3cc(Cl)c[c]c3c3c(C(N)=O)cccc32)c1. The van der Waals surface area contributed by atoms with Gasteiger partial charge in [-0.3, -0.25) is 4.79 Å². The van der Waals surface area contributed by atoms with Crippen LogP contribution in [0.3, 0.4) is 0 Å². The third-order valence-corrected chi connectivity index (χ3v) is 4.72. The number of hydrogen-bond acceptors (Lipinski definition) is 2. The van der Waals surface area contributed by atoms with Crippen LogP contribution in [0.2, 0.25) is 5.02 Å². The van der Waals surface area contributed by atoms with E-state index >= 15 is 0 Å². The number of amides is 1. The monoisotopic (exact) mass is 363 g/mol. The van der Waals surface area contributed by atoms with Gasteiger partial charge in [-0.15, -0.1) is 0 Å². The second kappa shape index (κ2) is 6.39. The average molecular weight is 364 g/mol. The van der Waals surface area contributed by atoms with E-state index in [4.69, 9.17) is 22.1 Å². The molecule has 0 aliphatic carbocycles. The molecular weight excluding hydrogens is 348 g/mol. The molecule has 1 amide bonds. The van der Waals surface area contributed by atoms with Gasteiger partial charge in [0.05, 0.1) is 18.1 Å². The highest BCUT2D eigenvalue weighted by molar-refractivity contribution is 6.31. The van der Waals surface area contributed by atoms with Crippen LogP contribution in [-0.2, 0) is 6.54 Å². The van der Waals surface area contributed by atoms with E-state index in [1.807, 2.05) is 42.5 Å². The van der Waals surface area contributed by atoms with Crippen LogP contribution in [-0.4, -0.2) is 17.6 Å². The predicted octanol–water partition coefficient (Wildman–Crippen LogP) is 4.40. The maximum atomic E-state index is 11.9. The summed E-state index contributed by atoms with van der Waals surface area (Å²) in [5.74, 6) is 0.338. The lowest BCUT2D eigenvalue weighted by Crippen LogP contribution is -2.11. The summed E-state index contributed by atoms with van der Waals surface area (Å²) in [6.07, 6.45) is 0. The Kier molecular flexibility index (Phi) is 4.05. The molecule has 0 atom stereocenters. The van der Waals surface area contributed by atoms with Crippen molar-refractivity contribution in [1.29, 1.82) is 0 Å². The molecule has 0 spiro atoms. The number of benzene rings is 3. The Hall–Kier alpha value is -2.98. The van der Waals surface area contributed by atoms with Crippen molar-refractivity contribution in [1.82, 2.24) is 4.57 Å². The minimum atomic E-state index is -0.459. The van der Waals surface area contributed by atoms with Gasteiger partial charge in [0.25, 0.3) is 0 Å². The molecule has 1 aromatic heterocycles. The van der Waals surface area contributed by atoms with E-state index in [1.54, 1.807) is 19.2 Å². The van der Waals surface area contributed by atoms with Gasteiger partial charge < -0.3 is 15.0 Å². The summed E-state index contributed by atoms with van der Waals surface area (Å²) in [4.78, 5) is 11.9. The zero-order valence-corrected chi connectivity index (χ0v) is 14.9. The van der Waals surface area contributed by atoms with E-state index in [0.717, 1.165) is 33.1 Å². The molecule has 0 saturated heterocycles. The summed E-state index contributed by atoms with van der Waals surface area (Å²) in [6, 6.07) is 20.2. The molecule has 129 valence electrons. The van der Waals surface area contributed by atoms with E-state index in [2.05, 4.69) is 10.6 Å². The largest absolute Gasteiger partial charge is 0.497 e. The molecule has 0 aliphatic heterocycles. The number of aromatic nitrogens is 1. The molecule has 4 aromatic rings. The molecule has 0 bridgehead atoms. The van der Waals surface area contributed by atoms with Crippen molar-refractivity contribution in [2.24, 2.45) is 5.73 Å². The predicted molar refractivity (Wildman–Crippen MR) is 104 cm³/mol. The first kappa shape index (κ1) is 16.5. The number of carbonyl (C=O) groups is 1. The number of hydrogen-bond donors (Lipinski definition) is 1. The summed E-state index contributed by atoms with van der Waals surface area (Å²) >= 11 is 6.21. The number of halogens is 1. The standard InChI is InChI=1S/C21H16ClN2O2/c1-26-15-5-2-4-13(10-15)12-24-18-7-3-6-17(21(23)25)20(18)16-9-8-14(22)11-19(16)24/h2-8,10-11H,12H2,1H3,(H2,23,25). The van der Waals surface area contributed by atoms with Gasteiger partial charge in [0.1, 0.15) is 5.75 Å². The fourth-order valence-corrected chi connectivity index (χ4v) is 3.52. The maximum absolute atomic E-state index is 11.9. The first-order valence-corrected chi connectivity index (χ1v) is 8.51. The Balaban J connectivity index is 2.01. The van der Waals surface area contributed by atoms with Gasteiger partial charge in [-0.05, 0) is 48.0 Å². The Bertz CT molecular complexity index is 1150. The Morgan fingerprint density at radius 3 is 2.77 bits per heavy atom. The van der Waals surface area contributed by atoms with Gasteiger partial charge in [0, 0.05) is 27.9 Å². The van der Waals surface area contributed by atoms with Crippen molar-refractivity contribution < 1.29 is 9.53 Å². The molecule has 4 rings (SSSR count). The van der Waals surface area contributed by atoms with Gasteiger partial charge in [-0.2, -0.15) is 0 Å². The number of primary amides is 1. The summed E-state index contributed by atoms with van der Waals surface area (Å²) in [5.41, 5.74) is 8.98. The van der Waals surface area contributed by atoms with Crippen LogP contribution in [0.4, 0.5) is 0 Å². The first-order valence-electron chi connectivity index (χ1n) is 8.13. The Morgan fingerprint density at radius 2 is 2.00 bits per heavy atom. The van der Waals surface area contributed by atoms with Crippen molar-refractivity contribution in [3.8, 4) is 5.75 Å². The lowest BCUT2D eigenvalue weighted by Gasteiger charge is -2.09. The lowest BCUT2D eigenvalue weighted by molar-refractivity contribution is 0.100. The van der Waals surface area contributed by atoms with E-state index in [0.29, 0.717) is 17.1 Å². The van der Waals surface area contributed by atoms with Crippen LogP contribution >= 0.6 is 11.6 Å². The first-order chi connectivity index (χ1) is 12.6. The Morgan fingerprint density at radius 1 is 1.19 bits per heavy atom. The number of methoxy groups -OCH3 is 1. The third-order valence-electron chi connectivity index (χ3n) is 4.50. The molecular formula is C21H16ClN2O2. The van der Waals surface area contributed by atoms with Crippen LogP contribution in [0, 0.1) is 6.07 Å². The fourth-order valence-electron chi connectivity index (χ4n) is 3.36. The highest BCUT2D eigenvalue weighted by Crippen LogP contribution is 2.33. The van der Waals surface area contributed by atoms with Crippen LogP contribution in [0.25, 0.3) is 21.8 Å². The molecule has 0 fully saturated rings.